The summed E-state index contributed by atoms with van der Waals surface area (Å²) in [5, 5.41) is 4.36. The van der Waals surface area contributed by atoms with E-state index in [1.807, 2.05) is 34.6 Å². The molecule has 0 unspecified atom stereocenters. The molecular weight excluding hydrogens is 274 g/mol. The predicted octanol–water partition coefficient (Wildman–Crippen LogP) is 2.53. The smallest absolute Gasteiger partial charge is 0.246 e. The highest BCUT2D eigenvalue weighted by molar-refractivity contribution is 7.89. The number of aryl methyl sites for hydroxylation is 1. The third kappa shape index (κ3) is 3.61. The summed E-state index contributed by atoms with van der Waals surface area (Å²) in [5.74, 6) is 0. The van der Waals surface area contributed by atoms with Gasteiger partial charge in [0.15, 0.2) is 0 Å². The highest BCUT2D eigenvalue weighted by atomic mass is 32.2. The zero-order valence-electron chi connectivity index (χ0n) is 13.5. The molecule has 6 heteroatoms. The van der Waals surface area contributed by atoms with Crippen LogP contribution in [0.5, 0.6) is 0 Å². The van der Waals surface area contributed by atoms with E-state index < -0.39 is 10.0 Å². The first-order valence-corrected chi connectivity index (χ1v) is 8.62. The predicted molar refractivity (Wildman–Crippen MR) is 81.2 cm³/mol. The summed E-state index contributed by atoms with van der Waals surface area (Å²) < 4.78 is 28.9. The molecule has 116 valence electrons. The van der Waals surface area contributed by atoms with E-state index in [0.717, 1.165) is 12.8 Å². The van der Waals surface area contributed by atoms with Crippen LogP contribution in [0.4, 0.5) is 0 Å². The molecule has 0 aliphatic heterocycles. The minimum Gasteiger partial charge on any atom is -0.274 e. The van der Waals surface area contributed by atoms with Crippen LogP contribution >= 0.6 is 0 Å². The summed E-state index contributed by atoms with van der Waals surface area (Å²) >= 11 is 0. The number of hydrogen-bond acceptors (Lipinski definition) is 3. The quantitative estimate of drug-likeness (QED) is 0.811. The molecule has 0 N–H and O–H groups in total. The number of aromatic nitrogens is 2. The van der Waals surface area contributed by atoms with Gasteiger partial charge in [-0.3, -0.25) is 4.68 Å². The molecular formula is C14H27N3O2S. The lowest BCUT2D eigenvalue weighted by molar-refractivity contribution is 0.407. The van der Waals surface area contributed by atoms with Gasteiger partial charge in [-0.05, 0) is 12.8 Å². The van der Waals surface area contributed by atoms with Crippen LogP contribution in [-0.4, -0.2) is 35.6 Å². The van der Waals surface area contributed by atoms with E-state index in [0.29, 0.717) is 23.7 Å². The molecule has 1 rings (SSSR count). The van der Waals surface area contributed by atoms with Gasteiger partial charge in [0.05, 0.1) is 5.69 Å². The highest BCUT2D eigenvalue weighted by Gasteiger charge is 2.32. The van der Waals surface area contributed by atoms with Crippen LogP contribution < -0.4 is 0 Å². The molecule has 5 nitrogen and oxygen atoms in total. The average Bonchev–Trinajstić information content (AvgIpc) is 2.71. The summed E-state index contributed by atoms with van der Waals surface area (Å²) in [4.78, 5) is 0.342. The van der Waals surface area contributed by atoms with E-state index in [1.54, 1.807) is 22.2 Å². The zero-order valence-corrected chi connectivity index (χ0v) is 14.3. The summed E-state index contributed by atoms with van der Waals surface area (Å²) in [6, 6.07) is 0. The molecule has 1 heterocycles. The first-order chi connectivity index (χ1) is 9.14. The summed E-state index contributed by atoms with van der Waals surface area (Å²) in [5.41, 5.74) is 0.338. The monoisotopic (exact) mass is 301 g/mol. The number of nitrogens with zero attached hydrogens (tertiary/aromatic N) is 3. The van der Waals surface area contributed by atoms with Crippen molar-refractivity contribution in [2.45, 2.75) is 57.8 Å². The Hall–Kier alpha value is -0.880. The molecule has 0 saturated carbocycles. The van der Waals surface area contributed by atoms with Crippen molar-refractivity contribution in [2.24, 2.45) is 7.05 Å². The van der Waals surface area contributed by atoms with E-state index in [9.17, 15) is 8.42 Å². The minimum absolute atomic E-state index is 0.298. The highest BCUT2D eigenvalue weighted by Crippen LogP contribution is 2.29. The maximum absolute atomic E-state index is 12.9. The molecule has 0 amide bonds. The van der Waals surface area contributed by atoms with Gasteiger partial charge in [-0.15, -0.1) is 0 Å². The van der Waals surface area contributed by atoms with E-state index >= 15 is 0 Å². The minimum atomic E-state index is -3.47. The molecule has 0 fully saturated rings. The van der Waals surface area contributed by atoms with Crippen molar-refractivity contribution in [2.75, 3.05) is 13.1 Å². The molecule has 1 aromatic heterocycles. The number of hydrogen-bond donors (Lipinski definition) is 0. The van der Waals surface area contributed by atoms with Gasteiger partial charge < -0.3 is 0 Å². The molecule has 0 spiro atoms. The molecule has 0 aliphatic rings. The molecule has 1 aromatic rings. The lowest BCUT2D eigenvalue weighted by atomic mass is 9.92. The lowest BCUT2D eigenvalue weighted by Gasteiger charge is -2.23. The van der Waals surface area contributed by atoms with E-state index in [1.165, 1.54) is 0 Å². The van der Waals surface area contributed by atoms with Crippen LogP contribution in [0.15, 0.2) is 11.1 Å². The van der Waals surface area contributed by atoms with Crippen LogP contribution in [0.25, 0.3) is 0 Å². The summed E-state index contributed by atoms with van der Waals surface area (Å²) in [6.07, 6.45) is 3.24. The second-order valence-corrected chi connectivity index (χ2v) is 8.08. The Morgan fingerprint density at radius 1 is 1.20 bits per heavy atom. The van der Waals surface area contributed by atoms with Gasteiger partial charge in [-0.1, -0.05) is 34.6 Å². The molecule has 0 saturated heterocycles. The van der Waals surface area contributed by atoms with Gasteiger partial charge in [-0.2, -0.15) is 9.40 Å². The Morgan fingerprint density at radius 3 is 2.10 bits per heavy atom. The van der Waals surface area contributed by atoms with Crippen molar-refractivity contribution in [3.05, 3.63) is 11.9 Å². The fourth-order valence-electron chi connectivity index (χ4n) is 2.17. The molecule has 0 atom stereocenters. The second kappa shape index (κ2) is 6.26. The Morgan fingerprint density at radius 2 is 1.70 bits per heavy atom. The van der Waals surface area contributed by atoms with Crippen molar-refractivity contribution >= 4 is 10.0 Å². The van der Waals surface area contributed by atoms with Crippen LogP contribution in [0.1, 0.15) is 53.2 Å². The van der Waals surface area contributed by atoms with Crippen LogP contribution in [0, 0.1) is 0 Å². The first kappa shape index (κ1) is 17.2. The maximum Gasteiger partial charge on any atom is 0.246 e. The Labute approximate surface area is 123 Å². The summed E-state index contributed by atoms with van der Waals surface area (Å²) in [7, 11) is -1.71. The van der Waals surface area contributed by atoms with Crippen LogP contribution in [0.2, 0.25) is 0 Å². The van der Waals surface area contributed by atoms with Gasteiger partial charge >= 0.3 is 0 Å². The average molecular weight is 301 g/mol. The van der Waals surface area contributed by atoms with Crippen molar-refractivity contribution in [1.29, 1.82) is 0 Å². The third-order valence-electron chi connectivity index (χ3n) is 3.07. The SMILES string of the molecule is CCCN(CCC)S(=O)(=O)c1cn(C)nc1C(C)(C)C. The Bertz CT molecular complexity index is 535. The first-order valence-electron chi connectivity index (χ1n) is 7.18. The van der Waals surface area contributed by atoms with Crippen molar-refractivity contribution < 1.29 is 8.42 Å². The number of sulfonamides is 1. The fraction of sp³-hybridized carbons (Fsp3) is 0.786. The van der Waals surface area contributed by atoms with Crippen molar-refractivity contribution in [3.8, 4) is 0 Å². The maximum atomic E-state index is 12.9. The van der Waals surface area contributed by atoms with Gasteiger partial charge in [0, 0.05) is 31.7 Å². The van der Waals surface area contributed by atoms with Gasteiger partial charge in [0.25, 0.3) is 0 Å². The van der Waals surface area contributed by atoms with Gasteiger partial charge in [0.2, 0.25) is 10.0 Å². The Balaban J connectivity index is 3.34. The molecule has 0 bridgehead atoms. The molecule has 0 radical (unpaired) electrons. The normalized spacial score (nSPS) is 13.2. The van der Waals surface area contributed by atoms with E-state index in [-0.39, 0.29) is 5.41 Å². The van der Waals surface area contributed by atoms with Crippen molar-refractivity contribution in [1.82, 2.24) is 14.1 Å². The number of rotatable bonds is 6. The largest absolute Gasteiger partial charge is 0.274 e. The van der Waals surface area contributed by atoms with Crippen molar-refractivity contribution in [3.63, 3.8) is 0 Å². The summed E-state index contributed by atoms with van der Waals surface area (Å²) in [6.45, 7) is 11.0. The standard InChI is InChI=1S/C14H27N3O2S/c1-7-9-17(10-8-2)20(18,19)12-11-16(6)15-13(12)14(3,4)5/h11H,7-10H2,1-6H3. The van der Waals surface area contributed by atoms with E-state index in [4.69, 9.17) is 0 Å². The second-order valence-electron chi connectivity index (χ2n) is 6.17. The molecule has 0 aromatic carbocycles. The molecule has 0 aliphatic carbocycles. The third-order valence-corrected chi connectivity index (χ3v) is 4.97. The topological polar surface area (TPSA) is 55.2 Å². The molecule has 20 heavy (non-hydrogen) atoms. The Kier molecular flexibility index (Phi) is 5.38. The van der Waals surface area contributed by atoms with E-state index in [2.05, 4.69) is 5.10 Å². The lowest BCUT2D eigenvalue weighted by Crippen LogP contribution is -2.33. The van der Waals surface area contributed by atoms with Gasteiger partial charge in [0.1, 0.15) is 4.90 Å². The van der Waals surface area contributed by atoms with Crippen LogP contribution in [-0.2, 0) is 22.5 Å². The van der Waals surface area contributed by atoms with Crippen LogP contribution in [0.3, 0.4) is 0 Å². The van der Waals surface area contributed by atoms with Gasteiger partial charge in [-0.25, -0.2) is 8.42 Å². The zero-order chi connectivity index (χ0) is 15.6. The fourth-order valence-corrected chi connectivity index (χ4v) is 4.17.